The fraction of sp³-hybridized carbons (Fsp3) is 0.647. The molecule has 4 heteroatoms. The van der Waals surface area contributed by atoms with E-state index in [2.05, 4.69) is 18.3 Å². The van der Waals surface area contributed by atoms with E-state index in [1.165, 1.54) is 25.7 Å². The number of benzene rings is 1. The van der Waals surface area contributed by atoms with Crippen LogP contribution in [0.4, 0.5) is 0 Å². The van der Waals surface area contributed by atoms with Gasteiger partial charge in [0.2, 0.25) is 0 Å². The molecule has 2 nitrogen and oxygen atoms in total. The van der Waals surface area contributed by atoms with Crippen molar-refractivity contribution in [2.45, 2.75) is 57.1 Å². The van der Waals surface area contributed by atoms with Crippen molar-refractivity contribution in [1.29, 1.82) is 0 Å². The van der Waals surface area contributed by atoms with Gasteiger partial charge < -0.3 is 10.1 Å². The zero-order valence-corrected chi connectivity index (χ0v) is 14.4. The molecule has 0 bridgehead atoms. The minimum absolute atomic E-state index is 0.0711. The van der Waals surface area contributed by atoms with E-state index in [1.807, 2.05) is 19.2 Å². The molecule has 1 aliphatic rings. The number of likely N-dealkylation sites (N-methyl/N-ethyl adjacent to an activating group) is 1. The van der Waals surface area contributed by atoms with Crippen LogP contribution in [-0.4, -0.2) is 19.3 Å². The number of hydrogen-bond acceptors (Lipinski definition) is 2. The standard InChI is InChI=1S/C17H25Cl2NO/c1-3-21-17(11-6-4-5-7-12-17)16(20-2)13-9-8-10-14(18)15(13)19/h8-10,16,20H,3-7,11-12H2,1-2H3. The summed E-state index contributed by atoms with van der Waals surface area (Å²) in [5, 5.41) is 4.69. The van der Waals surface area contributed by atoms with Crippen LogP contribution >= 0.6 is 23.2 Å². The van der Waals surface area contributed by atoms with Crippen molar-refractivity contribution in [3.63, 3.8) is 0 Å². The third-order valence-corrected chi connectivity index (χ3v) is 5.32. The first-order valence-corrected chi connectivity index (χ1v) is 8.65. The summed E-state index contributed by atoms with van der Waals surface area (Å²) in [5.41, 5.74) is 0.857. The number of nitrogens with one attached hydrogen (secondary N) is 1. The smallest absolute Gasteiger partial charge is 0.0876 e. The molecule has 0 radical (unpaired) electrons. The molecule has 0 heterocycles. The van der Waals surface area contributed by atoms with Crippen molar-refractivity contribution < 1.29 is 4.74 Å². The maximum absolute atomic E-state index is 6.46. The first kappa shape index (κ1) is 17.1. The predicted octanol–water partition coefficient (Wildman–Crippen LogP) is 5.38. The highest BCUT2D eigenvalue weighted by atomic mass is 35.5. The van der Waals surface area contributed by atoms with Gasteiger partial charge in [-0.05, 0) is 38.4 Å². The Morgan fingerprint density at radius 2 is 1.86 bits per heavy atom. The Hall–Kier alpha value is -0.280. The molecule has 0 aliphatic heterocycles. The fourth-order valence-corrected chi connectivity index (χ4v) is 3.99. The lowest BCUT2D eigenvalue weighted by Gasteiger charge is -2.40. The maximum Gasteiger partial charge on any atom is 0.0876 e. The van der Waals surface area contributed by atoms with Gasteiger partial charge >= 0.3 is 0 Å². The number of ether oxygens (including phenoxy) is 1. The second-order valence-electron chi connectivity index (χ2n) is 5.78. The van der Waals surface area contributed by atoms with Gasteiger partial charge in [-0.2, -0.15) is 0 Å². The average molecular weight is 330 g/mol. The number of halogens is 2. The summed E-state index contributed by atoms with van der Waals surface area (Å²) in [4.78, 5) is 0. The Bertz CT molecular complexity index is 456. The molecule has 1 aliphatic carbocycles. The number of rotatable bonds is 5. The summed E-state index contributed by atoms with van der Waals surface area (Å²) in [7, 11) is 1.98. The summed E-state index contributed by atoms with van der Waals surface area (Å²) < 4.78 is 6.29. The van der Waals surface area contributed by atoms with Gasteiger partial charge in [0.25, 0.3) is 0 Å². The largest absolute Gasteiger partial charge is 0.373 e. The molecule has 1 unspecified atom stereocenters. The molecule has 21 heavy (non-hydrogen) atoms. The van der Waals surface area contributed by atoms with E-state index >= 15 is 0 Å². The van der Waals surface area contributed by atoms with E-state index in [1.54, 1.807) is 0 Å². The van der Waals surface area contributed by atoms with Gasteiger partial charge in [0.15, 0.2) is 0 Å². The second kappa shape index (κ2) is 7.82. The summed E-state index contributed by atoms with van der Waals surface area (Å²) in [5.74, 6) is 0. The van der Waals surface area contributed by atoms with Crippen molar-refractivity contribution in [3.8, 4) is 0 Å². The molecule has 1 aromatic carbocycles. The van der Waals surface area contributed by atoms with Crippen LogP contribution in [-0.2, 0) is 4.74 Å². The van der Waals surface area contributed by atoms with Gasteiger partial charge in [-0.1, -0.05) is 61.0 Å². The molecule has 2 rings (SSSR count). The number of hydrogen-bond donors (Lipinski definition) is 1. The van der Waals surface area contributed by atoms with Crippen molar-refractivity contribution in [2.75, 3.05) is 13.7 Å². The molecule has 1 aromatic rings. The quantitative estimate of drug-likeness (QED) is 0.732. The first-order valence-electron chi connectivity index (χ1n) is 7.90. The molecule has 1 saturated carbocycles. The van der Waals surface area contributed by atoms with Crippen molar-refractivity contribution >= 4 is 23.2 Å². The second-order valence-corrected chi connectivity index (χ2v) is 6.56. The van der Waals surface area contributed by atoms with Crippen molar-refractivity contribution in [3.05, 3.63) is 33.8 Å². The summed E-state index contributed by atoms with van der Waals surface area (Å²) in [6, 6.07) is 5.92. The van der Waals surface area contributed by atoms with Crippen molar-refractivity contribution in [1.82, 2.24) is 5.32 Å². The topological polar surface area (TPSA) is 21.3 Å². The van der Waals surface area contributed by atoms with Crippen LogP contribution in [0.5, 0.6) is 0 Å². The van der Waals surface area contributed by atoms with Crippen LogP contribution in [0, 0.1) is 0 Å². The molecular formula is C17H25Cl2NO. The van der Waals surface area contributed by atoms with Gasteiger partial charge in [0.05, 0.1) is 21.7 Å². The van der Waals surface area contributed by atoms with E-state index in [0.29, 0.717) is 10.0 Å². The van der Waals surface area contributed by atoms with Crippen LogP contribution in [0.3, 0.4) is 0 Å². The predicted molar refractivity (Wildman–Crippen MR) is 90.3 cm³/mol. The zero-order valence-electron chi connectivity index (χ0n) is 12.9. The summed E-state index contributed by atoms with van der Waals surface area (Å²) >= 11 is 12.7. The Morgan fingerprint density at radius 1 is 1.19 bits per heavy atom. The molecule has 1 fully saturated rings. The van der Waals surface area contributed by atoms with E-state index in [-0.39, 0.29) is 11.6 Å². The highest BCUT2D eigenvalue weighted by Gasteiger charge is 2.40. The lowest BCUT2D eigenvalue weighted by Crippen LogP contribution is -2.45. The minimum atomic E-state index is -0.186. The molecule has 0 amide bonds. The van der Waals surface area contributed by atoms with E-state index in [9.17, 15) is 0 Å². The first-order chi connectivity index (χ1) is 10.1. The normalized spacial score (nSPS) is 20.0. The Morgan fingerprint density at radius 3 is 2.43 bits per heavy atom. The highest BCUT2D eigenvalue weighted by Crippen LogP contribution is 2.43. The zero-order chi connectivity index (χ0) is 15.3. The van der Waals surface area contributed by atoms with Gasteiger partial charge in [-0.15, -0.1) is 0 Å². The molecule has 0 saturated heterocycles. The third kappa shape index (κ3) is 3.73. The van der Waals surface area contributed by atoms with E-state index < -0.39 is 0 Å². The van der Waals surface area contributed by atoms with Gasteiger partial charge in [0, 0.05) is 6.61 Å². The van der Waals surface area contributed by atoms with Crippen LogP contribution in [0.25, 0.3) is 0 Å². The lowest BCUT2D eigenvalue weighted by molar-refractivity contribution is -0.0766. The van der Waals surface area contributed by atoms with Gasteiger partial charge in [0.1, 0.15) is 0 Å². The van der Waals surface area contributed by atoms with Crippen LogP contribution in [0.15, 0.2) is 18.2 Å². The van der Waals surface area contributed by atoms with Crippen LogP contribution in [0.1, 0.15) is 57.1 Å². The highest BCUT2D eigenvalue weighted by molar-refractivity contribution is 6.42. The Kier molecular flexibility index (Phi) is 6.36. The maximum atomic E-state index is 6.46. The molecular weight excluding hydrogens is 305 g/mol. The van der Waals surface area contributed by atoms with Crippen LogP contribution in [0.2, 0.25) is 10.0 Å². The Labute approximate surface area is 138 Å². The third-order valence-electron chi connectivity index (χ3n) is 4.49. The molecule has 118 valence electrons. The lowest BCUT2D eigenvalue weighted by atomic mass is 9.82. The van der Waals surface area contributed by atoms with E-state index in [4.69, 9.17) is 27.9 Å². The SMILES string of the molecule is CCOC1(C(NC)c2cccc(Cl)c2Cl)CCCCCC1. The monoisotopic (exact) mass is 329 g/mol. The Balaban J connectivity index is 2.41. The van der Waals surface area contributed by atoms with Gasteiger partial charge in [-0.25, -0.2) is 0 Å². The summed E-state index contributed by atoms with van der Waals surface area (Å²) in [6.45, 7) is 2.79. The average Bonchev–Trinajstić information content (AvgIpc) is 2.71. The molecule has 0 aromatic heterocycles. The fourth-order valence-electron chi connectivity index (χ4n) is 3.58. The van der Waals surface area contributed by atoms with Crippen LogP contribution < -0.4 is 5.32 Å². The summed E-state index contributed by atoms with van der Waals surface area (Å²) in [6.07, 6.45) is 7.11. The molecule has 0 spiro atoms. The molecule has 1 N–H and O–H groups in total. The minimum Gasteiger partial charge on any atom is -0.373 e. The van der Waals surface area contributed by atoms with Gasteiger partial charge in [-0.3, -0.25) is 0 Å². The van der Waals surface area contributed by atoms with E-state index in [0.717, 1.165) is 25.0 Å². The van der Waals surface area contributed by atoms with Crippen molar-refractivity contribution in [2.24, 2.45) is 0 Å². The molecule has 1 atom stereocenters.